The topological polar surface area (TPSA) is 34.6 Å². The first kappa shape index (κ1) is 19.3. The molecule has 0 N–H and O–H groups in total. The number of aromatic nitrogens is 1. The number of fused-ring (bicyclic) bond motifs is 1. The summed E-state index contributed by atoms with van der Waals surface area (Å²) < 4.78 is 11.5. The smallest absolute Gasteiger partial charge is 0.160 e. The second-order valence-corrected chi connectivity index (χ2v) is 8.65. The molecule has 0 radical (unpaired) electrons. The van der Waals surface area contributed by atoms with Gasteiger partial charge in [0.2, 0.25) is 0 Å². The van der Waals surface area contributed by atoms with E-state index in [2.05, 4.69) is 35.2 Å². The van der Waals surface area contributed by atoms with Crippen molar-refractivity contribution in [3.63, 3.8) is 0 Å². The number of hydrogen-bond acceptors (Lipinski definition) is 4. The second kappa shape index (κ2) is 8.12. The highest BCUT2D eigenvalue weighted by molar-refractivity contribution is 5.29. The quantitative estimate of drug-likeness (QED) is 0.511. The van der Waals surface area contributed by atoms with Crippen LogP contribution in [0.4, 0.5) is 0 Å². The second-order valence-electron chi connectivity index (χ2n) is 8.65. The van der Waals surface area contributed by atoms with E-state index in [1.54, 1.807) is 13.2 Å². The molecule has 2 aliphatic carbocycles. The Labute approximate surface area is 168 Å². The standard InChI is InChI=1S/C24H32N2O2/c1-4-6-22(18(2)27-3)28-21-10-11-24(15-21)12-14-26(17-24)16-20-9-8-19-7-5-13-25-23(19)20/h4-7,13,20-21H,1-2,8-12,14-17H2,3H3/b22-6+. The first-order valence-electron chi connectivity index (χ1n) is 10.5. The van der Waals surface area contributed by atoms with Gasteiger partial charge in [-0.25, -0.2) is 0 Å². The molecule has 1 aromatic rings. The summed E-state index contributed by atoms with van der Waals surface area (Å²) in [6.07, 6.45) is 12.9. The van der Waals surface area contributed by atoms with Gasteiger partial charge in [-0.3, -0.25) is 4.98 Å². The van der Waals surface area contributed by atoms with Crippen molar-refractivity contribution in [1.82, 2.24) is 9.88 Å². The van der Waals surface area contributed by atoms with Gasteiger partial charge in [-0.15, -0.1) is 0 Å². The molecule has 28 heavy (non-hydrogen) atoms. The molecule has 150 valence electrons. The van der Waals surface area contributed by atoms with Crippen LogP contribution in [0.5, 0.6) is 0 Å². The van der Waals surface area contributed by atoms with Crippen LogP contribution in [-0.2, 0) is 15.9 Å². The molecule has 2 fully saturated rings. The molecule has 1 aromatic heterocycles. The number of allylic oxidation sites excluding steroid dienone is 2. The Bertz CT molecular complexity index is 772. The molecule has 2 heterocycles. The van der Waals surface area contributed by atoms with E-state index in [1.807, 2.05) is 12.3 Å². The molecule has 0 bridgehead atoms. The molecular formula is C24H32N2O2. The summed E-state index contributed by atoms with van der Waals surface area (Å²) in [7, 11) is 1.63. The predicted octanol–water partition coefficient (Wildman–Crippen LogP) is 4.60. The van der Waals surface area contributed by atoms with Crippen molar-refractivity contribution in [2.24, 2.45) is 5.41 Å². The third-order valence-electron chi connectivity index (χ3n) is 6.81. The molecule has 4 rings (SSSR count). The molecule has 3 unspecified atom stereocenters. The Morgan fingerprint density at radius 3 is 3.11 bits per heavy atom. The van der Waals surface area contributed by atoms with Gasteiger partial charge in [0.1, 0.15) is 0 Å². The molecule has 4 heteroatoms. The van der Waals surface area contributed by atoms with Gasteiger partial charge in [0, 0.05) is 30.9 Å². The summed E-state index contributed by atoms with van der Waals surface area (Å²) in [6, 6.07) is 4.31. The minimum atomic E-state index is 0.243. The van der Waals surface area contributed by atoms with Gasteiger partial charge in [-0.2, -0.15) is 0 Å². The van der Waals surface area contributed by atoms with E-state index in [9.17, 15) is 0 Å². The summed E-state index contributed by atoms with van der Waals surface area (Å²) in [5, 5.41) is 0. The van der Waals surface area contributed by atoms with Crippen LogP contribution in [0.2, 0.25) is 0 Å². The average Bonchev–Trinajstić information content (AvgIpc) is 3.41. The number of pyridine rings is 1. The zero-order valence-electron chi connectivity index (χ0n) is 17.0. The number of rotatable bonds is 7. The normalized spacial score (nSPS) is 29.8. The van der Waals surface area contributed by atoms with E-state index in [1.165, 1.54) is 50.0 Å². The summed E-state index contributed by atoms with van der Waals surface area (Å²) in [6.45, 7) is 11.3. The molecular weight excluding hydrogens is 348 g/mol. The summed E-state index contributed by atoms with van der Waals surface area (Å²) in [5.74, 6) is 1.89. The Kier molecular flexibility index (Phi) is 5.58. The van der Waals surface area contributed by atoms with Crippen molar-refractivity contribution in [3.8, 4) is 0 Å². The summed E-state index contributed by atoms with van der Waals surface area (Å²) >= 11 is 0. The van der Waals surface area contributed by atoms with Crippen LogP contribution in [0, 0.1) is 5.41 Å². The molecule has 4 nitrogen and oxygen atoms in total. The molecule has 3 atom stereocenters. The van der Waals surface area contributed by atoms with E-state index in [0.29, 0.717) is 22.9 Å². The molecule has 1 spiro atoms. The van der Waals surface area contributed by atoms with E-state index in [4.69, 9.17) is 9.47 Å². The van der Waals surface area contributed by atoms with E-state index < -0.39 is 0 Å². The third kappa shape index (κ3) is 3.88. The molecule has 0 amide bonds. The highest BCUT2D eigenvalue weighted by Crippen LogP contribution is 2.47. The van der Waals surface area contributed by atoms with Gasteiger partial charge in [0.25, 0.3) is 0 Å². The number of likely N-dealkylation sites (tertiary alicyclic amines) is 1. The molecule has 3 aliphatic rings. The number of aryl methyl sites for hydroxylation is 1. The van der Waals surface area contributed by atoms with Gasteiger partial charge < -0.3 is 14.4 Å². The lowest BCUT2D eigenvalue weighted by atomic mass is 9.85. The van der Waals surface area contributed by atoms with Gasteiger partial charge in [0.15, 0.2) is 11.5 Å². The third-order valence-corrected chi connectivity index (χ3v) is 6.81. The number of hydrogen-bond donors (Lipinski definition) is 0. The maximum Gasteiger partial charge on any atom is 0.160 e. The van der Waals surface area contributed by atoms with Crippen molar-refractivity contribution in [3.05, 3.63) is 66.4 Å². The van der Waals surface area contributed by atoms with Crippen LogP contribution in [0.3, 0.4) is 0 Å². The molecule has 1 aliphatic heterocycles. The number of methoxy groups -OCH3 is 1. The Hall–Kier alpha value is -2.07. The minimum Gasteiger partial charge on any atom is -0.493 e. The van der Waals surface area contributed by atoms with Crippen LogP contribution in [0.15, 0.2) is 55.2 Å². The first-order chi connectivity index (χ1) is 13.6. The largest absolute Gasteiger partial charge is 0.493 e. The monoisotopic (exact) mass is 380 g/mol. The Morgan fingerprint density at radius 1 is 1.39 bits per heavy atom. The van der Waals surface area contributed by atoms with Crippen molar-refractivity contribution >= 4 is 0 Å². The maximum absolute atomic E-state index is 6.24. The van der Waals surface area contributed by atoms with Gasteiger partial charge in [-0.1, -0.05) is 25.3 Å². The molecule has 0 aromatic carbocycles. The van der Waals surface area contributed by atoms with E-state index in [0.717, 1.165) is 19.4 Å². The van der Waals surface area contributed by atoms with Crippen LogP contribution in [-0.4, -0.2) is 42.7 Å². The van der Waals surface area contributed by atoms with Gasteiger partial charge in [0.05, 0.1) is 13.2 Å². The number of ether oxygens (including phenoxy) is 2. The lowest BCUT2D eigenvalue weighted by Crippen LogP contribution is -2.29. The van der Waals surface area contributed by atoms with Gasteiger partial charge >= 0.3 is 0 Å². The predicted molar refractivity (Wildman–Crippen MR) is 112 cm³/mol. The fourth-order valence-corrected chi connectivity index (χ4v) is 5.38. The lowest BCUT2D eigenvalue weighted by molar-refractivity contribution is 0.0950. The Morgan fingerprint density at radius 2 is 2.29 bits per heavy atom. The Balaban J connectivity index is 1.34. The van der Waals surface area contributed by atoms with Crippen LogP contribution < -0.4 is 0 Å². The fraction of sp³-hybridized carbons (Fsp3) is 0.542. The highest BCUT2D eigenvalue weighted by atomic mass is 16.5. The first-order valence-corrected chi connectivity index (χ1v) is 10.5. The molecule has 1 saturated heterocycles. The zero-order chi connectivity index (χ0) is 19.6. The maximum atomic E-state index is 6.24. The molecule has 1 saturated carbocycles. The van der Waals surface area contributed by atoms with Crippen molar-refractivity contribution < 1.29 is 9.47 Å². The number of nitrogens with zero attached hydrogens (tertiary/aromatic N) is 2. The van der Waals surface area contributed by atoms with Crippen LogP contribution in [0.1, 0.15) is 49.3 Å². The van der Waals surface area contributed by atoms with E-state index >= 15 is 0 Å². The lowest BCUT2D eigenvalue weighted by Gasteiger charge is -2.26. The minimum absolute atomic E-state index is 0.243. The highest BCUT2D eigenvalue weighted by Gasteiger charge is 2.45. The van der Waals surface area contributed by atoms with E-state index in [-0.39, 0.29) is 6.10 Å². The average molecular weight is 381 g/mol. The van der Waals surface area contributed by atoms with Gasteiger partial charge in [-0.05, 0) is 68.2 Å². The van der Waals surface area contributed by atoms with Crippen molar-refractivity contribution in [2.45, 2.75) is 50.5 Å². The van der Waals surface area contributed by atoms with Crippen LogP contribution in [0.25, 0.3) is 0 Å². The van der Waals surface area contributed by atoms with Crippen molar-refractivity contribution in [1.29, 1.82) is 0 Å². The zero-order valence-corrected chi connectivity index (χ0v) is 17.0. The van der Waals surface area contributed by atoms with Crippen molar-refractivity contribution in [2.75, 3.05) is 26.7 Å². The summed E-state index contributed by atoms with van der Waals surface area (Å²) in [4.78, 5) is 7.35. The summed E-state index contributed by atoms with van der Waals surface area (Å²) in [5.41, 5.74) is 3.20. The van der Waals surface area contributed by atoms with Crippen LogP contribution >= 0.6 is 0 Å². The SMILES string of the molecule is C=C/C=C(/OC1CCC2(CCN(CC3CCc4cccnc43)C2)C1)C(=C)OC. The fourth-order valence-electron chi connectivity index (χ4n) is 5.38.